The quantitative estimate of drug-likeness (QED) is 0.765. The van der Waals surface area contributed by atoms with E-state index in [1.54, 1.807) is 17.0 Å². The lowest BCUT2D eigenvalue weighted by Crippen LogP contribution is -2.53. The molecule has 0 bridgehead atoms. The van der Waals surface area contributed by atoms with E-state index in [9.17, 15) is 14.0 Å². The van der Waals surface area contributed by atoms with Crippen LogP contribution < -0.4 is 0 Å². The zero-order chi connectivity index (χ0) is 20.2. The first-order chi connectivity index (χ1) is 14.1. The first-order valence-corrected chi connectivity index (χ1v) is 10.6. The number of carbonyl (C=O) groups excluding carboxylic acids is 2. The smallest absolute Gasteiger partial charge is 0.264 e. The van der Waals surface area contributed by atoms with Crippen molar-refractivity contribution >= 4 is 23.2 Å². The molecule has 1 aromatic heterocycles. The maximum Gasteiger partial charge on any atom is 0.264 e. The van der Waals surface area contributed by atoms with Crippen LogP contribution in [0, 0.1) is 5.82 Å². The minimum atomic E-state index is -0.275. The highest BCUT2D eigenvalue weighted by Gasteiger charge is 2.27. The second-order valence-electron chi connectivity index (χ2n) is 7.23. The van der Waals surface area contributed by atoms with Gasteiger partial charge in [-0.3, -0.25) is 14.5 Å². The van der Waals surface area contributed by atoms with E-state index in [2.05, 4.69) is 4.90 Å². The summed E-state index contributed by atoms with van der Waals surface area (Å²) in [6, 6.07) is 9.99. The molecule has 0 N–H and O–H groups in total. The molecule has 4 rings (SSSR count). The average molecular weight is 418 g/mol. The zero-order valence-electron chi connectivity index (χ0n) is 16.2. The average Bonchev–Trinajstić information content (AvgIpc) is 3.25. The van der Waals surface area contributed by atoms with Crippen molar-refractivity contribution in [1.82, 2.24) is 14.7 Å². The van der Waals surface area contributed by atoms with Crippen molar-refractivity contribution in [2.45, 2.75) is 0 Å². The molecule has 2 fully saturated rings. The van der Waals surface area contributed by atoms with E-state index in [0.29, 0.717) is 50.8 Å². The second kappa shape index (κ2) is 9.02. The van der Waals surface area contributed by atoms with Crippen molar-refractivity contribution in [3.05, 3.63) is 47.1 Å². The van der Waals surface area contributed by atoms with Gasteiger partial charge in [-0.05, 0) is 29.8 Å². The van der Waals surface area contributed by atoms with Crippen LogP contribution in [-0.2, 0) is 9.53 Å². The summed E-state index contributed by atoms with van der Waals surface area (Å²) in [6.07, 6.45) is 0. The number of nitrogens with zero attached hydrogens (tertiary/aromatic N) is 3. The lowest BCUT2D eigenvalue weighted by molar-refractivity contribution is -0.134. The Morgan fingerprint density at radius 3 is 2.24 bits per heavy atom. The summed E-state index contributed by atoms with van der Waals surface area (Å²) in [5.74, 6) is -0.167. The Bertz CT molecular complexity index is 856. The van der Waals surface area contributed by atoms with Gasteiger partial charge >= 0.3 is 0 Å². The van der Waals surface area contributed by atoms with Crippen LogP contribution in [0.5, 0.6) is 0 Å². The number of hydrogen-bond donors (Lipinski definition) is 0. The summed E-state index contributed by atoms with van der Waals surface area (Å²) in [7, 11) is 0. The Morgan fingerprint density at radius 2 is 1.55 bits per heavy atom. The van der Waals surface area contributed by atoms with E-state index >= 15 is 0 Å². The maximum atomic E-state index is 13.1. The van der Waals surface area contributed by atoms with E-state index in [4.69, 9.17) is 4.74 Å². The van der Waals surface area contributed by atoms with Gasteiger partial charge in [-0.2, -0.15) is 0 Å². The zero-order valence-corrected chi connectivity index (χ0v) is 17.0. The second-order valence-corrected chi connectivity index (χ2v) is 8.32. The van der Waals surface area contributed by atoms with Gasteiger partial charge in [0.25, 0.3) is 5.91 Å². The van der Waals surface area contributed by atoms with Gasteiger partial charge in [0.05, 0.1) is 24.6 Å². The molecule has 0 radical (unpaired) electrons. The van der Waals surface area contributed by atoms with Gasteiger partial charge in [-0.15, -0.1) is 11.3 Å². The van der Waals surface area contributed by atoms with Crippen LogP contribution in [0.4, 0.5) is 4.39 Å². The summed E-state index contributed by atoms with van der Waals surface area (Å²) in [5, 5.41) is 0. The van der Waals surface area contributed by atoms with E-state index in [1.807, 2.05) is 17.0 Å². The molecule has 2 aliphatic heterocycles. The molecule has 1 aromatic carbocycles. The first-order valence-electron chi connectivity index (χ1n) is 9.83. The topological polar surface area (TPSA) is 53.1 Å². The Hall–Kier alpha value is -2.29. The molecule has 6 nitrogen and oxygen atoms in total. The van der Waals surface area contributed by atoms with Crippen molar-refractivity contribution in [2.24, 2.45) is 0 Å². The molecule has 2 amide bonds. The third kappa shape index (κ3) is 4.83. The van der Waals surface area contributed by atoms with Crippen LogP contribution in [0.1, 0.15) is 9.67 Å². The number of halogens is 1. The van der Waals surface area contributed by atoms with E-state index in [0.717, 1.165) is 23.5 Å². The SMILES string of the molecule is O=C(CN1CCOCC1)N1CCN(C(=O)c2ccc(-c3ccc(F)cc3)s2)CC1. The molecule has 8 heteroatoms. The molecule has 0 spiro atoms. The van der Waals surface area contributed by atoms with Crippen LogP contribution in [0.2, 0.25) is 0 Å². The maximum absolute atomic E-state index is 13.1. The Labute approximate surface area is 173 Å². The van der Waals surface area contributed by atoms with E-state index in [1.165, 1.54) is 23.5 Å². The van der Waals surface area contributed by atoms with Crippen LogP contribution in [-0.4, -0.2) is 85.5 Å². The molecule has 154 valence electrons. The number of morpholine rings is 1. The van der Waals surface area contributed by atoms with Crippen molar-refractivity contribution in [2.75, 3.05) is 59.0 Å². The number of thiophene rings is 1. The monoisotopic (exact) mass is 417 g/mol. The highest BCUT2D eigenvalue weighted by atomic mass is 32.1. The standard InChI is InChI=1S/C21H24FN3O3S/c22-17-3-1-16(2-4-17)18-5-6-19(29-18)21(27)25-9-7-24(8-10-25)20(26)15-23-11-13-28-14-12-23/h1-6H,7-15H2. The van der Waals surface area contributed by atoms with Crippen molar-refractivity contribution in [1.29, 1.82) is 0 Å². The van der Waals surface area contributed by atoms with Crippen LogP contribution in [0.15, 0.2) is 36.4 Å². The molecule has 2 aromatic rings. The van der Waals surface area contributed by atoms with Gasteiger partial charge in [0, 0.05) is 44.1 Å². The molecule has 0 saturated carbocycles. The lowest BCUT2D eigenvalue weighted by atomic mass is 10.2. The Morgan fingerprint density at radius 1 is 0.897 bits per heavy atom. The van der Waals surface area contributed by atoms with E-state index < -0.39 is 0 Å². The fraction of sp³-hybridized carbons (Fsp3) is 0.429. The predicted molar refractivity (Wildman–Crippen MR) is 109 cm³/mol. The van der Waals surface area contributed by atoms with E-state index in [-0.39, 0.29) is 17.6 Å². The van der Waals surface area contributed by atoms with Gasteiger partial charge in [0.15, 0.2) is 0 Å². The third-order valence-electron chi connectivity index (χ3n) is 5.33. The molecule has 2 aliphatic rings. The summed E-state index contributed by atoms with van der Waals surface area (Å²) in [6.45, 7) is 5.55. The number of benzene rings is 1. The normalized spacial score (nSPS) is 18.1. The van der Waals surface area contributed by atoms with Gasteiger partial charge in [-0.25, -0.2) is 4.39 Å². The number of hydrogen-bond acceptors (Lipinski definition) is 5. The van der Waals surface area contributed by atoms with Crippen LogP contribution in [0.3, 0.4) is 0 Å². The highest BCUT2D eigenvalue weighted by Crippen LogP contribution is 2.29. The molecule has 0 aliphatic carbocycles. The van der Waals surface area contributed by atoms with Crippen molar-refractivity contribution in [3.8, 4) is 10.4 Å². The number of rotatable bonds is 4. The largest absolute Gasteiger partial charge is 0.379 e. The number of carbonyl (C=O) groups is 2. The summed E-state index contributed by atoms with van der Waals surface area (Å²) in [5.41, 5.74) is 0.897. The predicted octanol–water partition coefficient (Wildman–Crippen LogP) is 2.17. The fourth-order valence-corrected chi connectivity index (χ4v) is 4.57. The summed E-state index contributed by atoms with van der Waals surface area (Å²) < 4.78 is 18.4. The minimum absolute atomic E-state index is 0.0105. The van der Waals surface area contributed by atoms with Crippen LogP contribution in [0.25, 0.3) is 10.4 Å². The minimum Gasteiger partial charge on any atom is -0.379 e. The summed E-state index contributed by atoms with van der Waals surface area (Å²) >= 11 is 1.41. The first kappa shape index (κ1) is 20.0. The van der Waals surface area contributed by atoms with Gasteiger partial charge in [-0.1, -0.05) is 12.1 Å². The Kier molecular flexibility index (Phi) is 6.22. The molecule has 2 saturated heterocycles. The Balaban J connectivity index is 1.31. The number of piperazine rings is 1. The molecule has 3 heterocycles. The highest BCUT2D eigenvalue weighted by molar-refractivity contribution is 7.17. The molecule has 29 heavy (non-hydrogen) atoms. The fourth-order valence-electron chi connectivity index (χ4n) is 3.59. The van der Waals surface area contributed by atoms with Gasteiger partial charge in [0.1, 0.15) is 5.82 Å². The lowest BCUT2D eigenvalue weighted by Gasteiger charge is -2.36. The molecule has 0 unspecified atom stereocenters. The number of ether oxygens (including phenoxy) is 1. The van der Waals surface area contributed by atoms with Crippen molar-refractivity contribution in [3.63, 3.8) is 0 Å². The molecule has 0 atom stereocenters. The molecular formula is C21H24FN3O3S. The van der Waals surface area contributed by atoms with Crippen molar-refractivity contribution < 1.29 is 18.7 Å². The van der Waals surface area contributed by atoms with Gasteiger partial charge in [0.2, 0.25) is 5.91 Å². The molecular weight excluding hydrogens is 393 g/mol. The van der Waals surface area contributed by atoms with Gasteiger partial charge < -0.3 is 14.5 Å². The van der Waals surface area contributed by atoms with Crippen LogP contribution >= 0.6 is 11.3 Å². The summed E-state index contributed by atoms with van der Waals surface area (Å²) in [4.78, 5) is 32.7. The number of amides is 2. The third-order valence-corrected chi connectivity index (χ3v) is 6.45.